The summed E-state index contributed by atoms with van der Waals surface area (Å²) in [5, 5.41) is 2.77. The molecule has 1 saturated heterocycles. The third-order valence-corrected chi connectivity index (χ3v) is 5.38. The van der Waals surface area contributed by atoms with Gasteiger partial charge in [0.1, 0.15) is 5.82 Å². The minimum absolute atomic E-state index is 0.0442. The first-order valence-electron chi connectivity index (χ1n) is 10.3. The zero-order valence-corrected chi connectivity index (χ0v) is 17.1. The number of carbonyl (C=O) groups is 2. The molecule has 0 aliphatic carbocycles. The smallest absolute Gasteiger partial charge is 0.255 e. The maximum Gasteiger partial charge on any atom is 0.255 e. The number of halogens is 1. The monoisotopic (exact) mass is 417 g/mol. The minimum atomic E-state index is -0.395. The number of anilines is 1. The highest BCUT2D eigenvalue weighted by molar-refractivity contribution is 6.05. The van der Waals surface area contributed by atoms with Crippen molar-refractivity contribution in [2.24, 2.45) is 0 Å². The van der Waals surface area contributed by atoms with Crippen LogP contribution in [0.5, 0.6) is 0 Å². The molecule has 1 N–H and O–H groups in total. The van der Waals surface area contributed by atoms with E-state index in [4.69, 9.17) is 0 Å². The lowest BCUT2D eigenvalue weighted by molar-refractivity contribution is 0.0628. The van der Waals surface area contributed by atoms with E-state index in [1.165, 1.54) is 29.8 Å². The lowest BCUT2D eigenvalue weighted by Crippen LogP contribution is -2.48. The maximum atomic E-state index is 13.1. The van der Waals surface area contributed by atoms with E-state index in [2.05, 4.69) is 22.3 Å². The molecule has 0 aromatic heterocycles. The van der Waals surface area contributed by atoms with Gasteiger partial charge in [-0.25, -0.2) is 4.39 Å². The molecule has 0 spiro atoms. The van der Waals surface area contributed by atoms with Crippen molar-refractivity contribution in [3.63, 3.8) is 0 Å². The van der Waals surface area contributed by atoms with Crippen molar-refractivity contribution in [3.05, 3.63) is 101 Å². The molecule has 31 heavy (non-hydrogen) atoms. The first-order chi connectivity index (χ1) is 15.1. The van der Waals surface area contributed by atoms with Gasteiger partial charge in [-0.15, -0.1) is 0 Å². The molecule has 0 saturated carbocycles. The number of nitrogens with one attached hydrogen (secondary N) is 1. The predicted molar refractivity (Wildman–Crippen MR) is 118 cm³/mol. The van der Waals surface area contributed by atoms with Crippen LogP contribution in [0.3, 0.4) is 0 Å². The fraction of sp³-hybridized carbons (Fsp3) is 0.200. The van der Waals surface area contributed by atoms with Crippen molar-refractivity contribution in [2.75, 3.05) is 31.5 Å². The van der Waals surface area contributed by atoms with Crippen LogP contribution in [0.25, 0.3) is 0 Å². The summed E-state index contributed by atoms with van der Waals surface area (Å²) in [4.78, 5) is 29.5. The minimum Gasteiger partial charge on any atom is -0.336 e. The first kappa shape index (κ1) is 20.8. The van der Waals surface area contributed by atoms with Crippen LogP contribution in [0.15, 0.2) is 78.9 Å². The van der Waals surface area contributed by atoms with Gasteiger partial charge in [-0.2, -0.15) is 0 Å². The van der Waals surface area contributed by atoms with Crippen LogP contribution in [-0.4, -0.2) is 47.8 Å². The highest BCUT2D eigenvalue weighted by Crippen LogP contribution is 2.16. The quantitative estimate of drug-likeness (QED) is 0.682. The molecule has 3 aromatic rings. The Bertz CT molecular complexity index is 1050. The predicted octanol–water partition coefficient (Wildman–Crippen LogP) is 4.04. The molecule has 0 unspecified atom stereocenters. The summed E-state index contributed by atoms with van der Waals surface area (Å²) in [6.07, 6.45) is 0. The second-order valence-corrected chi connectivity index (χ2v) is 7.60. The topological polar surface area (TPSA) is 52.7 Å². The molecule has 1 aliphatic rings. The number of carbonyl (C=O) groups excluding carboxylic acids is 2. The second kappa shape index (κ2) is 9.53. The van der Waals surface area contributed by atoms with Crippen LogP contribution in [0.1, 0.15) is 26.3 Å². The van der Waals surface area contributed by atoms with Gasteiger partial charge < -0.3 is 10.2 Å². The average molecular weight is 417 g/mol. The van der Waals surface area contributed by atoms with Crippen molar-refractivity contribution < 1.29 is 14.0 Å². The Morgan fingerprint density at radius 3 is 2.23 bits per heavy atom. The number of piperazine rings is 1. The third-order valence-electron chi connectivity index (χ3n) is 5.38. The van der Waals surface area contributed by atoms with Gasteiger partial charge in [-0.3, -0.25) is 14.5 Å². The zero-order chi connectivity index (χ0) is 21.6. The molecule has 2 amide bonds. The molecule has 0 radical (unpaired) electrons. The normalized spacial score (nSPS) is 14.3. The summed E-state index contributed by atoms with van der Waals surface area (Å²) in [7, 11) is 0. The molecular formula is C25H24FN3O2. The van der Waals surface area contributed by atoms with Gasteiger partial charge in [-0.1, -0.05) is 36.4 Å². The summed E-state index contributed by atoms with van der Waals surface area (Å²) in [6, 6.07) is 22.6. The summed E-state index contributed by atoms with van der Waals surface area (Å²) < 4.78 is 13.1. The van der Waals surface area contributed by atoms with Gasteiger partial charge in [0.2, 0.25) is 0 Å². The Morgan fingerprint density at radius 2 is 1.52 bits per heavy atom. The molecule has 1 aliphatic heterocycles. The van der Waals surface area contributed by atoms with Crippen LogP contribution in [-0.2, 0) is 6.54 Å². The molecule has 1 heterocycles. The maximum absolute atomic E-state index is 13.1. The van der Waals surface area contributed by atoms with Crippen LogP contribution in [0, 0.1) is 5.82 Å². The number of hydrogen-bond donors (Lipinski definition) is 1. The van der Waals surface area contributed by atoms with Crippen molar-refractivity contribution in [1.29, 1.82) is 0 Å². The Balaban J connectivity index is 1.35. The fourth-order valence-electron chi connectivity index (χ4n) is 3.67. The van der Waals surface area contributed by atoms with Crippen molar-refractivity contribution in [1.82, 2.24) is 9.80 Å². The molecule has 4 rings (SSSR count). The molecule has 0 atom stereocenters. The van der Waals surface area contributed by atoms with Gasteiger partial charge in [0, 0.05) is 49.5 Å². The summed E-state index contributed by atoms with van der Waals surface area (Å²) in [6.45, 7) is 3.85. The largest absolute Gasteiger partial charge is 0.336 e. The number of amides is 2. The van der Waals surface area contributed by atoms with E-state index in [9.17, 15) is 14.0 Å². The molecule has 1 fully saturated rings. The van der Waals surface area contributed by atoms with E-state index in [0.717, 1.165) is 19.6 Å². The van der Waals surface area contributed by atoms with Crippen LogP contribution in [0.4, 0.5) is 10.1 Å². The van der Waals surface area contributed by atoms with Crippen molar-refractivity contribution in [3.8, 4) is 0 Å². The summed E-state index contributed by atoms with van der Waals surface area (Å²) in [5.74, 6) is -0.788. The molecule has 5 nitrogen and oxygen atoms in total. The first-order valence-corrected chi connectivity index (χ1v) is 10.3. The SMILES string of the molecule is O=C(Nc1cccc(C(=O)N2CCN(Cc3ccccc3)CC2)c1)c1ccc(F)cc1. The van der Waals surface area contributed by atoms with Crippen molar-refractivity contribution >= 4 is 17.5 Å². The molecule has 158 valence electrons. The highest BCUT2D eigenvalue weighted by Gasteiger charge is 2.22. The zero-order valence-electron chi connectivity index (χ0n) is 17.1. The lowest BCUT2D eigenvalue weighted by atomic mass is 10.1. The Hall–Kier alpha value is -3.51. The standard InChI is InChI=1S/C25H24FN3O2/c26-22-11-9-20(10-12-22)24(30)27-23-8-4-7-21(17-23)25(31)29-15-13-28(14-16-29)18-19-5-2-1-3-6-19/h1-12,17H,13-16,18H2,(H,27,30). The number of hydrogen-bond acceptors (Lipinski definition) is 3. The highest BCUT2D eigenvalue weighted by atomic mass is 19.1. The van der Waals surface area contributed by atoms with Gasteiger partial charge in [0.25, 0.3) is 11.8 Å². The van der Waals surface area contributed by atoms with E-state index < -0.39 is 5.82 Å². The fourth-order valence-corrected chi connectivity index (χ4v) is 3.67. The van der Waals surface area contributed by atoms with Crippen molar-refractivity contribution in [2.45, 2.75) is 6.54 Å². The third kappa shape index (κ3) is 5.35. The number of benzene rings is 3. The Morgan fingerprint density at radius 1 is 0.806 bits per heavy atom. The summed E-state index contributed by atoms with van der Waals surface area (Å²) >= 11 is 0. The summed E-state index contributed by atoms with van der Waals surface area (Å²) in [5.41, 5.74) is 2.69. The van der Waals surface area contributed by atoms with E-state index in [0.29, 0.717) is 29.9 Å². The van der Waals surface area contributed by atoms with Gasteiger partial charge in [0.15, 0.2) is 0 Å². The van der Waals surface area contributed by atoms with Crippen LogP contribution < -0.4 is 5.32 Å². The molecule has 0 bridgehead atoms. The van der Waals surface area contributed by atoms with Gasteiger partial charge >= 0.3 is 0 Å². The molecule has 6 heteroatoms. The van der Waals surface area contributed by atoms with Gasteiger partial charge in [-0.05, 0) is 48.0 Å². The van der Waals surface area contributed by atoms with E-state index in [1.807, 2.05) is 23.1 Å². The number of nitrogens with zero attached hydrogens (tertiary/aromatic N) is 2. The van der Waals surface area contributed by atoms with Gasteiger partial charge in [0.05, 0.1) is 0 Å². The van der Waals surface area contributed by atoms with E-state index >= 15 is 0 Å². The molecular weight excluding hydrogens is 393 g/mol. The number of rotatable bonds is 5. The van der Waals surface area contributed by atoms with E-state index in [1.54, 1.807) is 24.3 Å². The lowest BCUT2D eigenvalue weighted by Gasteiger charge is -2.34. The second-order valence-electron chi connectivity index (χ2n) is 7.60. The van der Waals surface area contributed by atoms with Crippen LogP contribution in [0.2, 0.25) is 0 Å². The average Bonchev–Trinajstić information content (AvgIpc) is 2.80. The van der Waals surface area contributed by atoms with Crippen LogP contribution >= 0.6 is 0 Å². The van der Waals surface area contributed by atoms with E-state index in [-0.39, 0.29) is 11.8 Å². The Kier molecular flexibility index (Phi) is 6.38. The Labute approximate surface area is 181 Å². The molecule has 3 aromatic carbocycles.